The third-order valence-corrected chi connectivity index (χ3v) is 3.54. The summed E-state index contributed by atoms with van der Waals surface area (Å²) in [6.07, 6.45) is 2.21. The molecule has 1 aliphatic heterocycles. The molecule has 1 aromatic heterocycles. The van der Waals surface area contributed by atoms with Gasteiger partial charge in [-0.3, -0.25) is 9.89 Å². The van der Waals surface area contributed by atoms with Crippen molar-refractivity contribution in [1.29, 1.82) is 0 Å². The minimum absolute atomic E-state index is 0.00486. The molecule has 0 radical (unpaired) electrons. The van der Waals surface area contributed by atoms with Crippen molar-refractivity contribution in [3.05, 3.63) is 41.6 Å². The molecular weight excluding hydrogens is 266 g/mol. The number of carbonyl (C=O) groups is 1. The van der Waals surface area contributed by atoms with E-state index in [-0.39, 0.29) is 11.8 Å². The molecule has 0 spiro atoms. The van der Waals surface area contributed by atoms with Gasteiger partial charge in [0.25, 0.3) is 0 Å². The Hall–Kier alpha value is -2.30. The highest BCUT2D eigenvalue weighted by atomic mass is 16.5. The second-order valence-corrected chi connectivity index (χ2v) is 5.78. The van der Waals surface area contributed by atoms with Gasteiger partial charge in [0.1, 0.15) is 11.6 Å². The maximum absolute atomic E-state index is 11.8. The van der Waals surface area contributed by atoms with E-state index in [2.05, 4.69) is 29.4 Å². The first kappa shape index (κ1) is 13.7. The van der Waals surface area contributed by atoms with Gasteiger partial charge in [-0.25, -0.2) is 0 Å². The van der Waals surface area contributed by atoms with Gasteiger partial charge in [-0.05, 0) is 23.6 Å². The van der Waals surface area contributed by atoms with Crippen molar-refractivity contribution in [3.8, 4) is 5.75 Å². The average molecular weight is 285 g/mol. The minimum atomic E-state index is 0.00486. The summed E-state index contributed by atoms with van der Waals surface area (Å²) in [5.74, 6) is 2.05. The zero-order valence-electron chi connectivity index (χ0n) is 12.2. The fourth-order valence-corrected chi connectivity index (χ4v) is 2.53. The summed E-state index contributed by atoms with van der Waals surface area (Å²) in [6.45, 7) is 4.92. The van der Waals surface area contributed by atoms with Gasteiger partial charge in [-0.2, -0.15) is 5.10 Å². The van der Waals surface area contributed by atoms with Crippen molar-refractivity contribution in [2.45, 2.75) is 26.2 Å². The summed E-state index contributed by atoms with van der Waals surface area (Å²) in [5, 5.41) is 9.66. The zero-order chi connectivity index (χ0) is 14.8. The third kappa shape index (κ3) is 2.91. The van der Waals surface area contributed by atoms with Gasteiger partial charge < -0.3 is 10.1 Å². The number of carbonyl (C=O) groups excluding carboxylic acids is 1. The van der Waals surface area contributed by atoms with Gasteiger partial charge in [-0.15, -0.1) is 0 Å². The molecule has 21 heavy (non-hydrogen) atoms. The number of rotatable bonds is 4. The fraction of sp³-hybridized carbons (Fsp3) is 0.375. The van der Waals surface area contributed by atoms with Crippen LogP contribution in [0.15, 0.2) is 30.5 Å². The smallest absolute Gasteiger partial charge is 0.226 e. The van der Waals surface area contributed by atoms with Gasteiger partial charge in [0, 0.05) is 17.9 Å². The number of fused-ring (bicyclic) bond motifs is 1. The molecule has 3 rings (SSSR count). The van der Waals surface area contributed by atoms with Crippen LogP contribution in [0.5, 0.6) is 5.75 Å². The predicted molar refractivity (Wildman–Crippen MR) is 80.5 cm³/mol. The third-order valence-electron chi connectivity index (χ3n) is 3.54. The van der Waals surface area contributed by atoms with Crippen LogP contribution in [-0.4, -0.2) is 22.7 Å². The Labute approximate surface area is 123 Å². The molecule has 1 unspecified atom stereocenters. The average Bonchev–Trinajstić information content (AvgIpc) is 2.92. The van der Waals surface area contributed by atoms with Gasteiger partial charge in [0.15, 0.2) is 0 Å². The van der Waals surface area contributed by atoms with Crippen molar-refractivity contribution < 1.29 is 9.53 Å². The number of ether oxygens (including phenoxy) is 1. The second-order valence-electron chi connectivity index (χ2n) is 5.78. The van der Waals surface area contributed by atoms with Gasteiger partial charge >= 0.3 is 0 Å². The largest absolute Gasteiger partial charge is 0.493 e. The lowest BCUT2D eigenvalue weighted by Gasteiger charge is -2.22. The topological polar surface area (TPSA) is 67.0 Å². The number of aromatic amines is 1. The normalized spacial score (nSPS) is 17.5. The lowest BCUT2D eigenvalue weighted by atomic mass is 9.87. The maximum atomic E-state index is 11.8. The number of hydrogen-bond acceptors (Lipinski definition) is 3. The predicted octanol–water partition coefficient (Wildman–Crippen LogP) is 2.92. The molecule has 0 aliphatic carbocycles. The molecule has 0 fully saturated rings. The number of nitrogens with one attached hydrogen (secondary N) is 2. The molecule has 2 aromatic rings. The first-order valence-electron chi connectivity index (χ1n) is 7.19. The van der Waals surface area contributed by atoms with E-state index in [0.29, 0.717) is 24.8 Å². The molecule has 1 atom stereocenters. The molecule has 110 valence electrons. The Morgan fingerprint density at radius 2 is 2.29 bits per heavy atom. The number of nitrogens with zero attached hydrogens (tertiary/aromatic N) is 1. The van der Waals surface area contributed by atoms with Crippen LogP contribution in [0.2, 0.25) is 0 Å². The molecule has 1 aliphatic rings. The second kappa shape index (κ2) is 5.60. The van der Waals surface area contributed by atoms with Crippen LogP contribution < -0.4 is 10.1 Å². The minimum Gasteiger partial charge on any atom is -0.493 e. The molecule has 0 saturated heterocycles. The van der Waals surface area contributed by atoms with Gasteiger partial charge in [0.2, 0.25) is 5.91 Å². The molecule has 0 bridgehead atoms. The van der Waals surface area contributed by atoms with Crippen LogP contribution >= 0.6 is 0 Å². The zero-order valence-corrected chi connectivity index (χ0v) is 12.2. The Bertz CT molecular complexity index is 648. The highest BCUT2D eigenvalue weighted by molar-refractivity contribution is 5.94. The fourth-order valence-electron chi connectivity index (χ4n) is 2.53. The Morgan fingerprint density at radius 1 is 1.43 bits per heavy atom. The summed E-state index contributed by atoms with van der Waals surface area (Å²) in [7, 11) is 0. The van der Waals surface area contributed by atoms with E-state index in [9.17, 15) is 4.79 Å². The number of hydrogen-bond donors (Lipinski definition) is 2. The molecule has 1 aromatic carbocycles. The highest BCUT2D eigenvalue weighted by Gasteiger charge is 2.28. The van der Waals surface area contributed by atoms with E-state index >= 15 is 0 Å². The quantitative estimate of drug-likeness (QED) is 0.907. The summed E-state index contributed by atoms with van der Waals surface area (Å²) < 4.78 is 5.77. The van der Waals surface area contributed by atoms with Crippen molar-refractivity contribution in [2.75, 3.05) is 11.9 Å². The van der Waals surface area contributed by atoms with Crippen LogP contribution in [0.25, 0.3) is 0 Å². The SMILES string of the molecule is CC(C)COc1cccc(C2CC(=O)Nc3[nH]ncc32)c1. The van der Waals surface area contributed by atoms with E-state index in [1.165, 1.54) is 0 Å². The first-order chi connectivity index (χ1) is 10.1. The monoisotopic (exact) mass is 285 g/mol. The molecule has 1 amide bonds. The maximum Gasteiger partial charge on any atom is 0.226 e. The van der Waals surface area contributed by atoms with E-state index in [0.717, 1.165) is 16.9 Å². The van der Waals surface area contributed by atoms with Crippen molar-refractivity contribution in [2.24, 2.45) is 5.92 Å². The van der Waals surface area contributed by atoms with Crippen LogP contribution in [0.3, 0.4) is 0 Å². The summed E-state index contributed by atoms with van der Waals surface area (Å²) in [6, 6.07) is 7.97. The van der Waals surface area contributed by atoms with E-state index < -0.39 is 0 Å². The standard InChI is InChI=1S/C16H19N3O2/c1-10(2)9-21-12-5-3-4-11(6-12)13-7-15(20)18-16-14(13)8-17-19-16/h3-6,8,10,13H,7,9H2,1-2H3,(H2,17,18,19,20). The molecular formula is C16H19N3O2. The number of H-pyrrole nitrogens is 1. The lowest BCUT2D eigenvalue weighted by Crippen LogP contribution is -2.23. The van der Waals surface area contributed by atoms with Crippen molar-refractivity contribution >= 4 is 11.7 Å². The summed E-state index contributed by atoms with van der Waals surface area (Å²) >= 11 is 0. The Balaban J connectivity index is 1.87. The number of amides is 1. The Morgan fingerprint density at radius 3 is 3.10 bits per heavy atom. The van der Waals surface area contributed by atoms with E-state index in [1.54, 1.807) is 6.20 Å². The molecule has 2 heterocycles. The van der Waals surface area contributed by atoms with Crippen LogP contribution in [0, 0.1) is 5.92 Å². The van der Waals surface area contributed by atoms with Gasteiger partial charge in [-0.1, -0.05) is 26.0 Å². The molecule has 5 nitrogen and oxygen atoms in total. The molecule has 0 saturated carbocycles. The van der Waals surface area contributed by atoms with Crippen molar-refractivity contribution in [3.63, 3.8) is 0 Å². The molecule has 5 heteroatoms. The highest BCUT2D eigenvalue weighted by Crippen LogP contribution is 2.36. The number of aromatic nitrogens is 2. The van der Waals surface area contributed by atoms with Crippen LogP contribution in [-0.2, 0) is 4.79 Å². The van der Waals surface area contributed by atoms with Crippen LogP contribution in [0.4, 0.5) is 5.82 Å². The number of benzene rings is 1. The van der Waals surface area contributed by atoms with E-state index in [1.807, 2.05) is 24.3 Å². The van der Waals surface area contributed by atoms with Gasteiger partial charge in [0.05, 0.1) is 12.8 Å². The van der Waals surface area contributed by atoms with Crippen LogP contribution in [0.1, 0.15) is 37.3 Å². The first-order valence-corrected chi connectivity index (χ1v) is 7.19. The lowest BCUT2D eigenvalue weighted by molar-refractivity contribution is -0.116. The summed E-state index contributed by atoms with van der Waals surface area (Å²) in [5.41, 5.74) is 2.10. The van der Waals surface area contributed by atoms with E-state index in [4.69, 9.17) is 4.74 Å². The van der Waals surface area contributed by atoms with Crippen molar-refractivity contribution in [1.82, 2.24) is 10.2 Å². The number of anilines is 1. The molecule has 2 N–H and O–H groups in total. The summed E-state index contributed by atoms with van der Waals surface area (Å²) in [4.78, 5) is 11.8. The Kier molecular flexibility index (Phi) is 3.64.